The highest BCUT2D eigenvalue weighted by atomic mass is 35.5. The largest absolute Gasteiger partial charge is 0.496 e. The van der Waals surface area contributed by atoms with Crippen LogP contribution in [0.25, 0.3) is 0 Å². The standard InChI is InChI=1S/C15H19Cl2NO/c1-2-8-18-14(15-7-4-9-19-15)10-11-12(16)5-3-6-13(11)17/h3,5-7,14,18H,2,4,8-10H2,1H3. The molecule has 1 aromatic carbocycles. The third kappa shape index (κ3) is 3.88. The van der Waals surface area contributed by atoms with Gasteiger partial charge in [0, 0.05) is 16.5 Å². The minimum Gasteiger partial charge on any atom is -0.496 e. The molecule has 19 heavy (non-hydrogen) atoms. The molecule has 0 radical (unpaired) electrons. The van der Waals surface area contributed by atoms with E-state index in [-0.39, 0.29) is 6.04 Å². The first-order chi connectivity index (χ1) is 9.22. The SMILES string of the molecule is CCCNC(Cc1c(Cl)cccc1Cl)C1=CCCO1. The van der Waals surface area contributed by atoms with Crippen molar-refractivity contribution in [2.45, 2.75) is 32.2 Å². The van der Waals surface area contributed by atoms with Crippen LogP contribution in [0.2, 0.25) is 10.0 Å². The molecule has 1 atom stereocenters. The second kappa shape index (κ2) is 7.18. The summed E-state index contributed by atoms with van der Waals surface area (Å²) >= 11 is 12.5. The zero-order valence-corrected chi connectivity index (χ0v) is 12.6. The van der Waals surface area contributed by atoms with Gasteiger partial charge >= 0.3 is 0 Å². The fraction of sp³-hybridized carbons (Fsp3) is 0.467. The van der Waals surface area contributed by atoms with E-state index in [1.54, 1.807) is 0 Å². The molecule has 104 valence electrons. The first kappa shape index (κ1) is 14.7. The highest BCUT2D eigenvalue weighted by molar-refractivity contribution is 6.36. The highest BCUT2D eigenvalue weighted by Gasteiger charge is 2.20. The zero-order valence-electron chi connectivity index (χ0n) is 11.1. The molecule has 1 unspecified atom stereocenters. The van der Waals surface area contributed by atoms with Gasteiger partial charge in [0.15, 0.2) is 0 Å². The van der Waals surface area contributed by atoms with E-state index in [1.807, 2.05) is 18.2 Å². The van der Waals surface area contributed by atoms with Crippen LogP contribution in [0, 0.1) is 0 Å². The van der Waals surface area contributed by atoms with E-state index in [1.165, 1.54) is 0 Å². The van der Waals surface area contributed by atoms with E-state index in [9.17, 15) is 0 Å². The first-order valence-electron chi connectivity index (χ1n) is 6.71. The van der Waals surface area contributed by atoms with Crippen molar-refractivity contribution >= 4 is 23.2 Å². The van der Waals surface area contributed by atoms with Crippen molar-refractivity contribution in [2.24, 2.45) is 0 Å². The minimum absolute atomic E-state index is 0.153. The lowest BCUT2D eigenvalue weighted by molar-refractivity contribution is 0.214. The molecule has 1 aromatic rings. The van der Waals surface area contributed by atoms with E-state index in [0.29, 0.717) is 0 Å². The Bertz CT molecular complexity index is 439. The summed E-state index contributed by atoms with van der Waals surface area (Å²) in [7, 11) is 0. The maximum atomic E-state index is 6.24. The summed E-state index contributed by atoms with van der Waals surface area (Å²) in [5.74, 6) is 1.02. The Morgan fingerprint density at radius 3 is 2.63 bits per heavy atom. The molecule has 0 aromatic heterocycles. The van der Waals surface area contributed by atoms with Crippen LogP contribution in [0.5, 0.6) is 0 Å². The quantitative estimate of drug-likeness (QED) is 0.850. The van der Waals surface area contributed by atoms with Crippen LogP contribution in [0.4, 0.5) is 0 Å². The second-order valence-electron chi connectivity index (χ2n) is 4.65. The Morgan fingerprint density at radius 2 is 2.05 bits per heavy atom. The summed E-state index contributed by atoms with van der Waals surface area (Å²) in [4.78, 5) is 0. The number of hydrogen-bond acceptors (Lipinski definition) is 2. The molecule has 2 nitrogen and oxygen atoms in total. The van der Waals surface area contributed by atoms with E-state index < -0.39 is 0 Å². The molecular formula is C15H19Cl2NO. The molecule has 0 saturated heterocycles. The van der Waals surface area contributed by atoms with Crippen LogP contribution in [-0.2, 0) is 11.2 Å². The topological polar surface area (TPSA) is 21.3 Å². The van der Waals surface area contributed by atoms with Gasteiger partial charge in [-0.25, -0.2) is 0 Å². The maximum absolute atomic E-state index is 6.24. The van der Waals surface area contributed by atoms with E-state index >= 15 is 0 Å². The van der Waals surface area contributed by atoms with Gasteiger partial charge in [0.1, 0.15) is 5.76 Å². The normalized spacial score (nSPS) is 16.1. The van der Waals surface area contributed by atoms with Crippen molar-refractivity contribution in [2.75, 3.05) is 13.2 Å². The molecule has 1 aliphatic heterocycles. The highest BCUT2D eigenvalue weighted by Crippen LogP contribution is 2.27. The van der Waals surface area contributed by atoms with E-state index in [0.717, 1.165) is 53.8 Å². The Hall–Kier alpha value is -0.700. The minimum atomic E-state index is 0.153. The Balaban J connectivity index is 2.15. The Labute approximate surface area is 124 Å². The number of benzene rings is 1. The van der Waals surface area contributed by atoms with Gasteiger partial charge in [-0.05, 0) is 43.2 Å². The summed E-state index contributed by atoms with van der Waals surface area (Å²) in [6, 6.07) is 5.78. The summed E-state index contributed by atoms with van der Waals surface area (Å²) in [6.45, 7) is 3.87. The third-order valence-corrected chi connectivity index (χ3v) is 3.89. The van der Waals surface area contributed by atoms with E-state index in [4.69, 9.17) is 27.9 Å². The summed E-state index contributed by atoms with van der Waals surface area (Å²) < 4.78 is 5.68. The monoisotopic (exact) mass is 299 g/mol. The van der Waals surface area contributed by atoms with E-state index in [2.05, 4.69) is 18.3 Å². The molecule has 1 heterocycles. The first-order valence-corrected chi connectivity index (χ1v) is 7.47. The van der Waals surface area contributed by atoms with Gasteiger partial charge in [-0.3, -0.25) is 0 Å². The van der Waals surface area contributed by atoms with Gasteiger partial charge < -0.3 is 10.1 Å². The molecule has 0 fully saturated rings. The van der Waals surface area contributed by atoms with Crippen LogP contribution in [0.3, 0.4) is 0 Å². The number of halogens is 2. The second-order valence-corrected chi connectivity index (χ2v) is 5.47. The van der Waals surface area contributed by atoms with Crippen LogP contribution in [0.1, 0.15) is 25.3 Å². The van der Waals surface area contributed by atoms with Crippen LogP contribution >= 0.6 is 23.2 Å². The molecule has 0 saturated carbocycles. The number of ether oxygens (including phenoxy) is 1. The van der Waals surface area contributed by atoms with Crippen molar-refractivity contribution < 1.29 is 4.74 Å². The van der Waals surface area contributed by atoms with Gasteiger partial charge in [0.05, 0.1) is 12.6 Å². The smallest absolute Gasteiger partial charge is 0.109 e. The average molecular weight is 300 g/mol. The Kier molecular flexibility index (Phi) is 5.56. The molecular weight excluding hydrogens is 281 g/mol. The molecule has 4 heteroatoms. The van der Waals surface area contributed by atoms with Gasteiger partial charge in [0.2, 0.25) is 0 Å². The van der Waals surface area contributed by atoms with Gasteiger partial charge in [0.25, 0.3) is 0 Å². The van der Waals surface area contributed by atoms with Crippen molar-refractivity contribution in [3.8, 4) is 0 Å². The fourth-order valence-electron chi connectivity index (χ4n) is 2.20. The predicted octanol–water partition coefficient (Wildman–Crippen LogP) is 4.21. The number of nitrogens with one attached hydrogen (secondary N) is 1. The lowest BCUT2D eigenvalue weighted by Crippen LogP contribution is -2.34. The summed E-state index contributed by atoms with van der Waals surface area (Å²) in [5.41, 5.74) is 0.982. The molecule has 0 spiro atoms. The molecule has 2 rings (SSSR count). The fourth-order valence-corrected chi connectivity index (χ4v) is 2.75. The van der Waals surface area contributed by atoms with Crippen molar-refractivity contribution in [1.29, 1.82) is 0 Å². The van der Waals surface area contributed by atoms with Crippen molar-refractivity contribution in [1.82, 2.24) is 5.32 Å². The molecule has 0 bridgehead atoms. The van der Waals surface area contributed by atoms with Crippen LogP contribution in [-0.4, -0.2) is 19.2 Å². The maximum Gasteiger partial charge on any atom is 0.109 e. The van der Waals surface area contributed by atoms with Gasteiger partial charge in [-0.15, -0.1) is 0 Å². The zero-order chi connectivity index (χ0) is 13.7. The molecule has 1 aliphatic rings. The lowest BCUT2D eigenvalue weighted by atomic mass is 10.0. The summed E-state index contributed by atoms with van der Waals surface area (Å²) in [5, 5.41) is 4.94. The molecule has 0 aliphatic carbocycles. The number of hydrogen-bond donors (Lipinski definition) is 1. The van der Waals surface area contributed by atoms with Crippen LogP contribution < -0.4 is 5.32 Å². The Morgan fingerprint density at radius 1 is 1.32 bits per heavy atom. The van der Waals surface area contributed by atoms with Gasteiger partial charge in [-0.2, -0.15) is 0 Å². The predicted molar refractivity (Wildman–Crippen MR) is 80.9 cm³/mol. The lowest BCUT2D eigenvalue weighted by Gasteiger charge is -2.21. The van der Waals surface area contributed by atoms with Gasteiger partial charge in [-0.1, -0.05) is 36.2 Å². The number of rotatable bonds is 6. The van der Waals surface area contributed by atoms with Crippen LogP contribution in [0.15, 0.2) is 30.0 Å². The molecule has 1 N–H and O–H groups in total. The summed E-state index contributed by atoms with van der Waals surface area (Å²) in [6.07, 6.45) is 4.97. The molecule has 0 amide bonds. The van der Waals surface area contributed by atoms with Crippen molar-refractivity contribution in [3.05, 3.63) is 45.6 Å². The van der Waals surface area contributed by atoms with Crippen molar-refractivity contribution in [3.63, 3.8) is 0 Å². The third-order valence-electron chi connectivity index (χ3n) is 3.19. The average Bonchev–Trinajstić information content (AvgIpc) is 2.91.